The van der Waals surface area contributed by atoms with Gasteiger partial charge in [-0.15, -0.1) is 0 Å². The Hall–Kier alpha value is -0.0551. The van der Waals surface area contributed by atoms with Gasteiger partial charge in [0.05, 0.1) is 0 Å². The van der Waals surface area contributed by atoms with Crippen LogP contribution in [0, 0.1) is 0 Å². The van der Waals surface area contributed by atoms with Crippen molar-refractivity contribution in [3.8, 4) is 0 Å². The maximum atomic E-state index is 8.10. The molecular weight excluding hydrogens is 107 g/mol. The van der Waals surface area contributed by atoms with Gasteiger partial charge in [-0.3, -0.25) is 0 Å². The maximum absolute atomic E-state index is 8.10. The van der Waals surface area contributed by atoms with Gasteiger partial charge in [-0.2, -0.15) is 0 Å². The number of ether oxygens (including phenoxy) is 1. The first-order valence-electron chi connectivity index (χ1n) is 2.66. The summed E-state index contributed by atoms with van der Waals surface area (Å²) in [6.45, 7) is 0.749. The van der Waals surface area contributed by atoms with Crippen molar-refractivity contribution in [2.24, 2.45) is 0 Å². The summed E-state index contributed by atoms with van der Waals surface area (Å²) in [6.07, 6.45) is 1.72. The van der Waals surface area contributed by atoms with Gasteiger partial charge in [-0.1, -0.05) is 0 Å². The second-order valence-electron chi connectivity index (χ2n) is 1.68. The topological polar surface area (TPSA) is 38.7 Å². The van der Waals surface area contributed by atoms with Crippen molar-refractivity contribution >= 4 is 7.69 Å². The summed E-state index contributed by atoms with van der Waals surface area (Å²) in [5.41, 5.74) is 0. The van der Waals surface area contributed by atoms with E-state index in [1.54, 1.807) is 0 Å². The predicted octanol–water partition coefficient (Wildman–Crippen LogP) is -0.334. The zero-order valence-corrected chi connectivity index (χ0v) is 4.54. The van der Waals surface area contributed by atoms with Crippen LogP contribution in [0.4, 0.5) is 0 Å². The fourth-order valence-electron chi connectivity index (χ4n) is 0.723. The van der Waals surface area contributed by atoms with E-state index in [0.29, 0.717) is 7.69 Å². The van der Waals surface area contributed by atoms with Crippen LogP contribution in [-0.2, 0) is 9.39 Å². The molecule has 0 amide bonds. The van der Waals surface area contributed by atoms with E-state index in [9.17, 15) is 0 Å². The van der Waals surface area contributed by atoms with Crippen LogP contribution < -0.4 is 0 Å². The first-order chi connectivity index (χ1) is 3.93. The highest BCUT2D eigenvalue weighted by molar-refractivity contribution is 6.15. The highest BCUT2D eigenvalue weighted by atomic mass is 16.7. The largest absolute Gasteiger partial charge is 0.487 e. The van der Waals surface area contributed by atoms with Gasteiger partial charge in [0.1, 0.15) is 6.29 Å². The first kappa shape index (κ1) is 6.07. The molecule has 0 spiro atoms. The second-order valence-corrected chi connectivity index (χ2v) is 1.68. The Bertz CT molecular complexity index is 62.3. The highest BCUT2D eigenvalue weighted by Gasteiger charge is 2.14. The molecule has 3 nitrogen and oxygen atoms in total. The van der Waals surface area contributed by atoms with Gasteiger partial charge in [0.15, 0.2) is 0 Å². The van der Waals surface area contributed by atoms with Crippen LogP contribution in [0.5, 0.6) is 0 Å². The lowest BCUT2D eigenvalue weighted by atomic mass is 10.3. The molecule has 0 aromatic heterocycles. The van der Waals surface area contributed by atoms with Crippen LogP contribution in [0.1, 0.15) is 12.8 Å². The van der Waals surface area contributed by atoms with Crippen LogP contribution in [0.25, 0.3) is 0 Å². The average molecular weight is 115 g/mol. The Kier molecular flexibility index (Phi) is 2.33. The number of rotatable bonds is 2. The summed E-state index contributed by atoms with van der Waals surface area (Å²) < 4.78 is 9.59. The van der Waals surface area contributed by atoms with Crippen molar-refractivity contribution in [3.05, 3.63) is 0 Å². The molecule has 1 saturated heterocycles. The van der Waals surface area contributed by atoms with Crippen molar-refractivity contribution < 1.29 is 14.4 Å². The van der Waals surface area contributed by atoms with Crippen molar-refractivity contribution in [1.82, 2.24) is 0 Å². The van der Waals surface area contributed by atoms with Crippen molar-refractivity contribution in [2.75, 3.05) is 6.61 Å². The predicted molar refractivity (Wildman–Crippen MR) is 28.0 cm³/mol. The van der Waals surface area contributed by atoms with E-state index in [1.807, 2.05) is 0 Å². The van der Waals surface area contributed by atoms with Crippen LogP contribution in [0.2, 0.25) is 0 Å². The summed E-state index contributed by atoms with van der Waals surface area (Å²) in [7, 11) is 0.677. The van der Waals surface area contributed by atoms with Crippen LogP contribution in [0.3, 0.4) is 0 Å². The van der Waals surface area contributed by atoms with Crippen molar-refractivity contribution in [2.45, 2.75) is 19.1 Å². The van der Waals surface area contributed by atoms with E-state index in [2.05, 4.69) is 4.65 Å². The summed E-state index contributed by atoms with van der Waals surface area (Å²) in [4.78, 5) is 0. The van der Waals surface area contributed by atoms with Crippen LogP contribution in [0.15, 0.2) is 0 Å². The molecule has 1 aliphatic rings. The molecule has 0 saturated carbocycles. The highest BCUT2D eigenvalue weighted by Crippen LogP contribution is 2.11. The van der Waals surface area contributed by atoms with E-state index in [-0.39, 0.29) is 6.29 Å². The van der Waals surface area contributed by atoms with E-state index in [0.717, 1.165) is 19.4 Å². The molecule has 4 heteroatoms. The summed E-state index contributed by atoms with van der Waals surface area (Å²) >= 11 is 0. The molecule has 0 aromatic carbocycles. The maximum Gasteiger partial charge on any atom is 0.487 e. The smallest absolute Gasteiger partial charge is 0.429 e. The van der Waals surface area contributed by atoms with Crippen LogP contribution in [-0.4, -0.2) is 25.6 Å². The molecule has 1 radical (unpaired) electrons. The van der Waals surface area contributed by atoms with Gasteiger partial charge in [0, 0.05) is 6.61 Å². The normalized spacial score (nSPS) is 28.4. The Balaban J connectivity index is 2.06. The summed E-state index contributed by atoms with van der Waals surface area (Å²) in [6, 6.07) is 0. The van der Waals surface area contributed by atoms with Gasteiger partial charge in [-0.25, -0.2) is 0 Å². The molecule has 8 heavy (non-hydrogen) atoms. The minimum Gasteiger partial charge on any atom is -0.429 e. The second kappa shape index (κ2) is 3.07. The van der Waals surface area contributed by atoms with Gasteiger partial charge >= 0.3 is 7.69 Å². The third kappa shape index (κ3) is 1.47. The van der Waals surface area contributed by atoms with Gasteiger partial charge in [0.25, 0.3) is 0 Å². The van der Waals surface area contributed by atoms with Gasteiger partial charge in [-0.05, 0) is 12.8 Å². The molecule has 0 aliphatic carbocycles. The Morgan fingerprint density at radius 3 is 3.12 bits per heavy atom. The fourth-order valence-corrected chi connectivity index (χ4v) is 0.723. The molecule has 0 bridgehead atoms. The molecular formula is C4H8BO3. The number of hydrogen-bond acceptors (Lipinski definition) is 3. The van der Waals surface area contributed by atoms with Crippen LogP contribution >= 0.6 is 0 Å². The Labute approximate surface area is 48.9 Å². The third-order valence-electron chi connectivity index (χ3n) is 1.10. The number of hydrogen-bond donors (Lipinski definition) is 1. The third-order valence-corrected chi connectivity index (χ3v) is 1.10. The molecule has 1 unspecified atom stereocenters. The SMILES string of the molecule is O[B]OC1CCCO1. The Morgan fingerprint density at radius 2 is 2.62 bits per heavy atom. The van der Waals surface area contributed by atoms with Crippen molar-refractivity contribution in [3.63, 3.8) is 0 Å². The molecule has 45 valence electrons. The quantitative estimate of drug-likeness (QED) is 0.500. The summed E-state index contributed by atoms with van der Waals surface area (Å²) in [5, 5.41) is 8.10. The first-order valence-corrected chi connectivity index (χ1v) is 2.66. The lowest BCUT2D eigenvalue weighted by Gasteiger charge is -2.05. The monoisotopic (exact) mass is 115 g/mol. The lowest BCUT2D eigenvalue weighted by Crippen LogP contribution is -2.12. The fraction of sp³-hybridized carbons (Fsp3) is 1.00. The van der Waals surface area contributed by atoms with Crippen molar-refractivity contribution in [1.29, 1.82) is 0 Å². The zero-order valence-electron chi connectivity index (χ0n) is 4.54. The van der Waals surface area contributed by atoms with E-state index >= 15 is 0 Å². The van der Waals surface area contributed by atoms with Gasteiger partial charge in [0.2, 0.25) is 0 Å². The molecule has 1 fully saturated rings. The average Bonchev–Trinajstić information content (AvgIpc) is 2.19. The van der Waals surface area contributed by atoms with E-state index in [1.165, 1.54) is 0 Å². The molecule has 1 N–H and O–H groups in total. The van der Waals surface area contributed by atoms with E-state index in [4.69, 9.17) is 9.76 Å². The summed E-state index contributed by atoms with van der Waals surface area (Å²) in [5.74, 6) is 0. The molecule has 1 rings (SSSR count). The van der Waals surface area contributed by atoms with Gasteiger partial charge < -0.3 is 14.4 Å². The molecule has 1 heterocycles. The minimum absolute atomic E-state index is 0.194. The molecule has 1 atom stereocenters. The Morgan fingerprint density at radius 1 is 1.75 bits per heavy atom. The standard InChI is InChI=1S/C4H8BO3/c6-5-8-4-2-1-3-7-4/h4,6H,1-3H2. The zero-order chi connectivity index (χ0) is 5.82. The van der Waals surface area contributed by atoms with E-state index < -0.39 is 0 Å². The minimum atomic E-state index is -0.194. The lowest BCUT2D eigenvalue weighted by molar-refractivity contribution is -0.0454. The molecule has 0 aromatic rings. The molecule has 1 aliphatic heterocycles.